The predicted molar refractivity (Wildman–Crippen MR) is 91.8 cm³/mol. The molecule has 0 aliphatic carbocycles. The second-order valence-electron chi connectivity index (χ2n) is 7.16. The van der Waals surface area contributed by atoms with Gasteiger partial charge in [0.15, 0.2) is 5.69 Å². The molecule has 2 aromatic rings. The van der Waals surface area contributed by atoms with Crippen molar-refractivity contribution in [1.82, 2.24) is 19.9 Å². The number of hydrogen-bond acceptors (Lipinski definition) is 4. The fourth-order valence-corrected chi connectivity index (χ4v) is 3.45. The SMILES string of the molecule is CC(C)C1(C(=O)O)CCN(C(=O)c2cn(-c3ccccc3C(F)(F)F)nn2)C1. The molecule has 0 bridgehead atoms. The molecule has 3 rings (SSSR count). The molecule has 7 nitrogen and oxygen atoms in total. The number of carboxylic acids is 1. The molecule has 150 valence electrons. The fraction of sp³-hybridized carbons (Fsp3) is 0.444. The summed E-state index contributed by atoms with van der Waals surface area (Å²) in [6, 6.07) is 4.84. The van der Waals surface area contributed by atoms with E-state index in [1.165, 1.54) is 23.1 Å². The Balaban J connectivity index is 1.86. The summed E-state index contributed by atoms with van der Waals surface area (Å²) in [5, 5.41) is 17.0. The number of aromatic nitrogens is 3. The van der Waals surface area contributed by atoms with E-state index >= 15 is 0 Å². The molecule has 0 saturated carbocycles. The van der Waals surface area contributed by atoms with Gasteiger partial charge in [0.25, 0.3) is 5.91 Å². The van der Waals surface area contributed by atoms with Crippen LogP contribution in [0.15, 0.2) is 30.5 Å². The minimum atomic E-state index is -4.58. The van der Waals surface area contributed by atoms with Gasteiger partial charge in [0.1, 0.15) is 0 Å². The molecule has 1 aliphatic rings. The standard InChI is InChI=1S/C18H19F3N4O3/c1-11(2)17(16(27)28)7-8-24(10-17)15(26)13-9-25(23-22-13)14-6-4-3-5-12(14)18(19,20)21/h3-6,9,11H,7-8,10H2,1-2H3,(H,27,28). The lowest BCUT2D eigenvalue weighted by Gasteiger charge is -2.28. The highest BCUT2D eigenvalue weighted by Gasteiger charge is 2.48. The van der Waals surface area contributed by atoms with Crippen molar-refractivity contribution in [2.24, 2.45) is 11.3 Å². The molecule has 0 radical (unpaired) electrons. The van der Waals surface area contributed by atoms with Crippen LogP contribution in [0.3, 0.4) is 0 Å². The Hall–Kier alpha value is -2.91. The Kier molecular flexibility index (Phi) is 4.90. The number of carboxylic acid groups (broad SMARTS) is 1. The number of amides is 1. The quantitative estimate of drug-likeness (QED) is 0.859. The second kappa shape index (κ2) is 6.92. The maximum Gasteiger partial charge on any atom is 0.418 e. The van der Waals surface area contributed by atoms with E-state index in [9.17, 15) is 27.9 Å². The number of alkyl halides is 3. The zero-order valence-electron chi connectivity index (χ0n) is 15.3. The van der Waals surface area contributed by atoms with Gasteiger partial charge in [0.2, 0.25) is 0 Å². The van der Waals surface area contributed by atoms with Crippen LogP contribution in [0.2, 0.25) is 0 Å². The van der Waals surface area contributed by atoms with Crippen LogP contribution in [-0.2, 0) is 11.0 Å². The number of nitrogens with zero attached hydrogens (tertiary/aromatic N) is 4. The summed E-state index contributed by atoms with van der Waals surface area (Å²) in [5.74, 6) is -1.71. The Morgan fingerprint density at radius 3 is 2.50 bits per heavy atom. The molecule has 1 aromatic heterocycles. The van der Waals surface area contributed by atoms with Crippen LogP contribution in [0.1, 0.15) is 36.3 Å². The molecule has 28 heavy (non-hydrogen) atoms. The van der Waals surface area contributed by atoms with Gasteiger partial charge < -0.3 is 10.0 Å². The van der Waals surface area contributed by atoms with Crippen LogP contribution in [-0.4, -0.2) is 50.0 Å². The zero-order chi connectivity index (χ0) is 20.7. The Morgan fingerprint density at radius 1 is 1.25 bits per heavy atom. The summed E-state index contributed by atoms with van der Waals surface area (Å²) in [6.45, 7) is 3.82. The van der Waals surface area contributed by atoms with Gasteiger partial charge in [0, 0.05) is 13.1 Å². The molecule has 1 aromatic carbocycles. The number of carbonyl (C=O) groups excluding carboxylic acids is 1. The Labute approximate surface area is 158 Å². The van der Waals surface area contributed by atoms with Crippen molar-refractivity contribution in [1.29, 1.82) is 0 Å². The summed E-state index contributed by atoms with van der Waals surface area (Å²) < 4.78 is 40.5. The number of carbonyl (C=O) groups is 2. The molecule has 1 amide bonds. The summed E-state index contributed by atoms with van der Waals surface area (Å²) >= 11 is 0. The highest BCUT2D eigenvalue weighted by Crippen LogP contribution is 2.38. The van der Waals surface area contributed by atoms with E-state index < -0.39 is 29.0 Å². The molecule has 0 spiro atoms. The lowest BCUT2D eigenvalue weighted by Crippen LogP contribution is -2.40. The van der Waals surface area contributed by atoms with Crippen LogP contribution >= 0.6 is 0 Å². The summed E-state index contributed by atoms with van der Waals surface area (Å²) in [6.07, 6.45) is -3.15. The van der Waals surface area contributed by atoms with E-state index in [1.54, 1.807) is 13.8 Å². The smallest absolute Gasteiger partial charge is 0.418 e. The van der Waals surface area contributed by atoms with E-state index in [2.05, 4.69) is 10.3 Å². The molecule has 1 saturated heterocycles. The van der Waals surface area contributed by atoms with E-state index in [-0.39, 0.29) is 30.4 Å². The number of benzene rings is 1. The molecule has 1 N–H and O–H groups in total. The van der Waals surface area contributed by atoms with Gasteiger partial charge in [-0.05, 0) is 24.5 Å². The van der Waals surface area contributed by atoms with Crippen LogP contribution in [0.4, 0.5) is 13.2 Å². The highest BCUT2D eigenvalue weighted by molar-refractivity contribution is 5.93. The van der Waals surface area contributed by atoms with Gasteiger partial charge in [-0.1, -0.05) is 31.2 Å². The third-order valence-electron chi connectivity index (χ3n) is 5.29. The van der Waals surface area contributed by atoms with Crippen molar-refractivity contribution in [2.45, 2.75) is 26.4 Å². The molecule has 2 heterocycles. The molecular formula is C18H19F3N4O3. The largest absolute Gasteiger partial charge is 0.481 e. The summed E-state index contributed by atoms with van der Waals surface area (Å²) in [7, 11) is 0. The molecule has 1 aliphatic heterocycles. The first-order valence-electron chi connectivity index (χ1n) is 8.68. The maximum absolute atomic E-state index is 13.2. The van der Waals surface area contributed by atoms with Gasteiger partial charge in [-0.15, -0.1) is 5.10 Å². The number of hydrogen-bond donors (Lipinski definition) is 1. The second-order valence-corrected chi connectivity index (χ2v) is 7.16. The van der Waals surface area contributed by atoms with Gasteiger partial charge in [0.05, 0.1) is 22.9 Å². The van der Waals surface area contributed by atoms with Crippen molar-refractivity contribution >= 4 is 11.9 Å². The van der Waals surface area contributed by atoms with Crippen molar-refractivity contribution in [2.75, 3.05) is 13.1 Å². The summed E-state index contributed by atoms with van der Waals surface area (Å²) in [4.78, 5) is 25.8. The van der Waals surface area contributed by atoms with E-state index in [0.29, 0.717) is 6.42 Å². The van der Waals surface area contributed by atoms with E-state index in [0.717, 1.165) is 16.9 Å². The topological polar surface area (TPSA) is 88.3 Å². The Morgan fingerprint density at radius 2 is 1.93 bits per heavy atom. The van der Waals surface area contributed by atoms with Crippen molar-refractivity contribution in [3.8, 4) is 5.69 Å². The first-order chi connectivity index (χ1) is 13.1. The molecule has 1 atom stereocenters. The minimum absolute atomic E-state index is 0.0187. The van der Waals surface area contributed by atoms with Crippen molar-refractivity contribution < 1.29 is 27.9 Å². The maximum atomic E-state index is 13.2. The average Bonchev–Trinajstić information content (AvgIpc) is 3.29. The lowest BCUT2D eigenvalue weighted by atomic mass is 9.76. The average molecular weight is 396 g/mol. The number of rotatable bonds is 4. The zero-order valence-corrected chi connectivity index (χ0v) is 15.3. The van der Waals surface area contributed by atoms with Gasteiger partial charge >= 0.3 is 12.1 Å². The third-order valence-corrected chi connectivity index (χ3v) is 5.29. The van der Waals surface area contributed by atoms with Crippen LogP contribution < -0.4 is 0 Å². The van der Waals surface area contributed by atoms with Gasteiger partial charge in [-0.2, -0.15) is 13.2 Å². The Bertz CT molecular complexity index is 909. The van der Waals surface area contributed by atoms with E-state index in [1.807, 2.05) is 0 Å². The van der Waals surface area contributed by atoms with Crippen molar-refractivity contribution in [3.63, 3.8) is 0 Å². The predicted octanol–water partition coefficient (Wildman–Crippen LogP) is 2.86. The number of aliphatic carboxylic acids is 1. The number of likely N-dealkylation sites (tertiary alicyclic amines) is 1. The van der Waals surface area contributed by atoms with Crippen molar-refractivity contribution in [3.05, 3.63) is 41.7 Å². The minimum Gasteiger partial charge on any atom is -0.481 e. The molecule has 1 fully saturated rings. The highest BCUT2D eigenvalue weighted by atomic mass is 19.4. The molecular weight excluding hydrogens is 377 g/mol. The fourth-order valence-electron chi connectivity index (χ4n) is 3.45. The third kappa shape index (κ3) is 3.34. The van der Waals surface area contributed by atoms with Gasteiger partial charge in [-0.3, -0.25) is 9.59 Å². The molecule has 1 unspecified atom stereocenters. The number of halogens is 3. The van der Waals surface area contributed by atoms with Crippen LogP contribution in [0.25, 0.3) is 5.69 Å². The monoisotopic (exact) mass is 396 g/mol. The number of para-hydroxylation sites is 1. The first kappa shape index (κ1) is 19.8. The first-order valence-corrected chi connectivity index (χ1v) is 8.68. The lowest BCUT2D eigenvalue weighted by molar-refractivity contribution is -0.150. The van der Waals surface area contributed by atoms with Crippen LogP contribution in [0.5, 0.6) is 0 Å². The van der Waals surface area contributed by atoms with Crippen LogP contribution in [0, 0.1) is 11.3 Å². The van der Waals surface area contributed by atoms with E-state index in [4.69, 9.17) is 0 Å². The molecule has 10 heteroatoms. The normalized spacial score (nSPS) is 20.0. The van der Waals surface area contributed by atoms with Gasteiger partial charge in [-0.25, -0.2) is 4.68 Å². The summed E-state index contributed by atoms with van der Waals surface area (Å²) in [5.41, 5.74) is -2.33.